The summed E-state index contributed by atoms with van der Waals surface area (Å²) in [6.45, 7) is 4.81. The average Bonchev–Trinajstić information content (AvgIpc) is 2.62. The Bertz CT molecular complexity index is 836. The Labute approximate surface area is 139 Å². The first kappa shape index (κ1) is 14.9. The number of ether oxygens (including phenoxy) is 1. The van der Waals surface area contributed by atoms with Crippen molar-refractivity contribution in [3.8, 4) is 0 Å². The molecule has 0 saturated carbocycles. The molecule has 124 valence electrons. The molecule has 4 rings (SSSR count). The van der Waals surface area contributed by atoms with Crippen LogP contribution in [0.5, 0.6) is 0 Å². The molecule has 2 aliphatic rings. The molecule has 2 aromatic rings. The lowest BCUT2D eigenvalue weighted by molar-refractivity contribution is -0.551. The van der Waals surface area contributed by atoms with Crippen LogP contribution in [0.3, 0.4) is 0 Å². The van der Waals surface area contributed by atoms with Gasteiger partial charge in [-0.25, -0.2) is 14.9 Å². The van der Waals surface area contributed by atoms with Crippen LogP contribution in [-0.2, 0) is 4.74 Å². The molecule has 0 radical (unpaired) electrons. The molecule has 0 aliphatic carbocycles. The number of guanidine groups is 1. The van der Waals surface area contributed by atoms with Crippen molar-refractivity contribution in [1.82, 2.24) is 14.9 Å². The summed E-state index contributed by atoms with van der Waals surface area (Å²) < 4.78 is 9.28. The maximum absolute atomic E-state index is 12.6. The first-order chi connectivity index (χ1) is 11.7. The molecule has 3 heterocycles. The lowest BCUT2D eigenvalue weighted by Crippen LogP contribution is -2.53. The number of aryl methyl sites for hydroxylation is 1. The number of rotatable bonds is 1. The Hall–Kier alpha value is -2.67. The Morgan fingerprint density at radius 2 is 2.00 bits per heavy atom. The van der Waals surface area contributed by atoms with Crippen molar-refractivity contribution in [3.63, 3.8) is 0 Å². The van der Waals surface area contributed by atoms with E-state index >= 15 is 0 Å². The van der Waals surface area contributed by atoms with Crippen molar-refractivity contribution < 1.29 is 9.31 Å². The van der Waals surface area contributed by atoms with Crippen LogP contribution in [0.15, 0.2) is 41.2 Å². The number of nitrogens with one attached hydrogen (secondary N) is 2. The van der Waals surface area contributed by atoms with E-state index in [1.165, 1.54) is 0 Å². The lowest BCUT2D eigenvalue weighted by atomic mass is 10.1. The summed E-state index contributed by atoms with van der Waals surface area (Å²) in [5.74, 6) is 1.43. The van der Waals surface area contributed by atoms with Gasteiger partial charge in [0.05, 0.1) is 26.3 Å². The summed E-state index contributed by atoms with van der Waals surface area (Å²) in [7, 11) is 0. The monoisotopic (exact) mass is 326 g/mol. The molecule has 0 amide bonds. The summed E-state index contributed by atoms with van der Waals surface area (Å²) in [5.41, 5.74) is 1.64. The van der Waals surface area contributed by atoms with Crippen LogP contribution in [0.4, 0.5) is 5.95 Å². The summed E-state index contributed by atoms with van der Waals surface area (Å²) in [5, 5.41) is 6.73. The standard InChI is InChI=1S/C17H19N5O2/c1-12-11-14(23)22-15(13-5-3-2-4-6-13)19-16(20-17(22)18-12)21-7-9-24-10-8-21/h2-6,11,15H,7-10H2,1H3,(H,18,19,20,23)/p+1. The predicted octanol–water partition coefficient (Wildman–Crippen LogP) is 0.512. The van der Waals surface area contributed by atoms with Crippen molar-refractivity contribution in [2.75, 3.05) is 31.6 Å². The highest BCUT2D eigenvalue weighted by Gasteiger charge is 2.33. The molecule has 1 fully saturated rings. The average molecular weight is 326 g/mol. The number of anilines is 1. The quantitative estimate of drug-likeness (QED) is 0.748. The molecule has 24 heavy (non-hydrogen) atoms. The molecule has 2 N–H and O–H groups in total. The topological polar surface area (TPSA) is 71.2 Å². The summed E-state index contributed by atoms with van der Waals surface area (Å²) >= 11 is 0. The van der Waals surface area contributed by atoms with Crippen molar-refractivity contribution in [1.29, 1.82) is 0 Å². The van der Waals surface area contributed by atoms with E-state index in [9.17, 15) is 4.79 Å². The van der Waals surface area contributed by atoms with Gasteiger partial charge in [-0.05, 0) is 6.92 Å². The second-order valence-corrected chi connectivity index (χ2v) is 5.96. The minimum Gasteiger partial charge on any atom is -0.375 e. The van der Waals surface area contributed by atoms with Gasteiger partial charge in [0.25, 0.3) is 11.5 Å². The largest absolute Gasteiger partial charge is 0.375 e. The van der Waals surface area contributed by atoms with E-state index in [2.05, 4.69) is 20.2 Å². The first-order valence-electron chi connectivity index (χ1n) is 8.11. The van der Waals surface area contributed by atoms with E-state index in [4.69, 9.17) is 4.74 Å². The number of nitrogens with zero attached hydrogens (tertiary/aromatic N) is 3. The van der Waals surface area contributed by atoms with Gasteiger partial charge in [-0.1, -0.05) is 30.3 Å². The van der Waals surface area contributed by atoms with Gasteiger partial charge in [-0.2, -0.15) is 0 Å². The highest BCUT2D eigenvalue weighted by Crippen LogP contribution is 2.21. The smallest absolute Gasteiger partial charge is 0.355 e. The fraction of sp³-hybridized carbons (Fsp3) is 0.353. The van der Waals surface area contributed by atoms with Crippen LogP contribution < -0.4 is 16.2 Å². The maximum Gasteiger partial charge on any atom is 0.355 e. The fourth-order valence-electron chi connectivity index (χ4n) is 3.10. The van der Waals surface area contributed by atoms with Crippen molar-refractivity contribution >= 4 is 11.9 Å². The van der Waals surface area contributed by atoms with Crippen molar-refractivity contribution in [3.05, 3.63) is 58.0 Å². The molecular formula is C17H20N5O2+. The molecule has 1 saturated heterocycles. The zero-order valence-corrected chi connectivity index (χ0v) is 13.5. The van der Waals surface area contributed by atoms with Crippen LogP contribution in [0.25, 0.3) is 0 Å². The van der Waals surface area contributed by atoms with Crippen molar-refractivity contribution in [2.45, 2.75) is 13.1 Å². The summed E-state index contributed by atoms with van der Waals surface area (Å²) in [6.07, 6.45) is -0.291. The fourth-order valence-corrected chi connectivity index (χ4v) is 3.10. The van der Waals surface area contributed by atoms with Crippen LogP contribution in [0.2, 0.25) is 0 Å². The molecule has 2 aliphatic heterocycles. The van der Waals surface area contributed by atoms with E-state index in [-0.39, 0.29) is 11.7 Å². The van der Waals surface area contributed by atoms with E-state index in [0.717, 1.165) is 24.6 Å². The molecule has 0 spiro atoms. The third-order valence-corrected chi connectivity index (χ3v) is 4.28. The molecular weight excluding hydrogens is 306 g/mol. The number of fused-ring (bicyclic) bond motifs is 1. The Kier molecular flexibility index (Phi) is 3.78. The zero-order valence-electron chi connectivity index (χ0n) is 13.5. The molecule has 1 aromatic carbocycles. The molecule has 1 unspecified atom stereocenters. The van der Waals surface area contributed by atoms with Gasteiger partial charge >= 0.3 is 5.96 Å². The van der Waals surface area contributed by atoms with Gasteiger partial charge in [-0.3, -0.25) is 14.7 Å². The van der Waals surface area contributed by atoms with E-state index in [1.54, 1.807) is 10.6 Å². The van der Waals surface area contributed by atoms with Crippen LogP contribution >= 0.6 is 0 Å². The number of hydrogen-bond donors (Lipinski definition) is 2. The van der Waals surface area contributed by atoms with Gasteiger partial charge in [0.1, 0.15) is 0 Å². The third kappa shape index (κ3) is 2.67. The second kappa shape index (κ2) is 6.09. The van der Waals surface area contributed by atoms with Gasteiger partial charge in [-0.15, -0.1) is 0 Å². The predicted molar refractivity (Wildman–Crippen MR) is 90.4 cm³/mol. The van der Waals surface area contributed by atoms with Gasteiger partial charge in [0, 0.05) is 17.3 Å². The molecule has 7 nitrogen and oxygen atoms in total. The number of benzene rings is 1. The number of aromatic nitrogens is 2. The first-order valence-corrected chi connectivity index (χ1v) is 8.11. The van der Waals surface area contributed by atoms with Gasteiger partial charge in [0.15, 0.2) is 6.17 Å². The normalized spacial score (nSPS) is 20.1. The SMILES string of the molecule is Cc1cc(=O)n2c(n1)NC(=[N+]1CCOCC1)NC2c1ccccc1. The number of morpholine rings is 1. The summed E-state index contributed by atoms with van der Waals surface area (Å²) in [6, 6.07) is 11.5. The highest BCUT2D eigenvalue weighted by molar-refractivity contribution is 5.90. The van der Waals surface area contributed by atoms with E-state index in [1.807, 2.05) is 37.3 Å². The Balaban J connectivity index is 1.85. The third-order valence-electron chi connectivity index (χ3n) is 4.28. The van der Waals surface area contributed by atoms with Crippen LogP contribution in [-0.4, -0.2) is 46.4 Å². The van der Waals surface area contributed by atoms with E-state index in [0.29, 0.717) is 24.9 Å². The maximum atomic E-state index is 12.6. The number of hydrogen-bond acceptors (Lipinski definition) is 3. The molecule has 7 heteroatoms. The van der Waals surface area contributed by atoms with Crippen LogP contribution in [0, 0.1) is 6.92 Å². The second-order valence-electron chi connectivity index (χ2n) is 5.96. The molecule has 1 atom stereocenters. The van der Waals surface area contributed by atoms with E-state index < -0.39 is 0 Å². The highest BCUT2D eigenvalue weighted by atomic mass is 16.5. The van der Waals surface area contributed by atoms with Crippen LogP contribution in [0.1, 0.15) is 17.4 Å². The lowest BCUT2D eigenvalue weighted by Gasteiger charge is -2.28. The molecule has 1 aromatic heterocycles. The van der Waals surface area contributed by atoms with Gasteiger partial charge < -0.3 is 4.74 Å². The zero-order chi connectivity index (χ0) is 16.5. The Morgan fingerprint density at radius 3 is 2.75 bits per heavy atom. The summed E-state index contributed by atoms with van der Waals surface area (Å²) in [4.78, 5) is 17.1. The van der Waals surface area contributed by atoms with Gasteiger partial charge in [0.2, 0.25) is 0 Å². The molecule has 0 bridgehead atoms. The van der Waals surface area contributed by atoms with Crippen molar-refractivity contribution in [2.24, 2.45) is 0 Å². The minimum absolute atomic E-state index is 0.0765. The minimum atomic E-state index is -0.291. The Morgan fingerprint density at radius 1 is 1.25 bits per heavy atom.